The highest BCUT2D eigenvalue weighted by atomic mass is 16.1. The number of nitrogens with zero attached hydrogens (tertiary/aromatic N) is 3. The first-order valence-corrected chi connectivity index (χ1v) is 5.56. The number of anilines is 1. The summed E-state index contributed by atoms with van der Waals surface area (Å²) in [7, 11) is 0. The topological polar surface area (TPSA) is 37.6 Å². The summed E-state index contributed by atoms with van der Waals surface area (Å²) < 4.78 is 2.00. The van der Waals surface area contributed by atoms with E-state index in [-0.39, 0.29) is 0 Å². The Balaban J connectivity index is 2.17. The fourth-order valence-corrected chi connectivity index (χ4v) is 2.32. The SMILES string of the molecule is O=Cc1ncn2c(N3CCCC3)cccc12. The lowest BCUT2D eigenvalue weighted by Crippen LogP contribution is -2.20. The van der Waals surface area contributed by atoms with Crippen molar-refractivity contribution >= 4 is 17.6 Å². The second-order valence-corrected chi connectivity index (χ2v) is 4.08. The summed E-state index contributed by atoms with van der Waals surface area (Å²) in [5.74, 6) is 1.13. The molecular formula is C12H13N3O. The molecule has 16 heavy (non-hydrogen) atoms. The number of hydrogen-bond donors (Lipinski definition) is 0. The largest absolute Gasteiger partial charge is 0.358 e. The number of carbonyl (C=O) groups is 1. The Morgan fingerprint density at radius 3 is 2.81 bits per heavy atom. The lowest BCUT2D eigenvalue weighted by atomic mass is 10.3. The predicted molar refractivity (Wildman–Crippen MR) is 62.0 cm³/mol. The first-order chi connectivity index (χ1) is 7.90. The molecule has 3 rings (SSSR count). The van der Waals surface area contributed by atoms with Gasteiger partial charge in [-0.15, -0.1) is 0 Å². The van der Waals surface area contributed by atoms with Crippen molar-refractivity contribution in [3.63, 3.8) is 0 Å². The average Bonchev–Trinajstić information content (AvgIpc) is 2.97. The lowest BCUT2D eigenvalue weighted by molar-refractivity contribution is 0.112. The van der Waals surface area contributed by atoms with Gasteiger partial charge in [0.15, 0.2) is 6.29 Å². The van der Waals surface area contributed by atoms with E-state index in [9.17, 15) is 4.79 Å². The van der Waals surface area contributed by atoms with Crippen LogP contribution in [0.2, 0.25) is 0 Å². The number of carbonyl (C=O) groups excluding carboxylic acids is 1. The Bertz CT molecular complexity index is 526. The van der Waals surface area contributed by atoms with E-state index >= 15 is 0 Å². The number of aromatic nitrogens is 2. The van der Waals surface area contributed by atoms with Gasteiger partial charge in [0.2, 0.25) is 0 Å². The molecule has 0 unspecified atom stereocenters. The van der Waals surface area contributed by atoms with Crippen LogP contribution in [0.3, 0.4) is 0 Å². The van der Waals surface area contributed by atoms with Crippen LogP contribution < -0.4 is 4.90 Å². The molecule has 1 aliphatic heterocycles. The van der Waals surface area contributed by atoms with Crippen molar-refractivity contribution in [2.45, 2.75) is 12.8 Å². The molecular weight excluding hydrogens is 202 g/mol. The second-order valence-electron chi connectivity index (χ2n) is 4.08. The molecule has 0 atom stereocenters. The van der Waals surface area contributed by atoms with Crippen LogP contribution in [0, 0.1) is 0 Å². The number of imidazole rings is 1. The van der Waals surface area contributed by atoms with Crippen LogP contribution in [0.15, 0.2) is 24.5 Å². The average molecular weight is 215 g/mol. The van der Waals surface area contributed by atoms with Crippen LogP contribution in [0.1, 0.15) is 23.3 Å². The molecule has 0 amide bonds. The maximum atomic E-state index is 10.8. The first kappa shape index (κ1) is 9.39. The van der Waals surface area contributed by atoms with Crippen molar-refractivity contribution in [2.75, 3.05) is 18.0 Å². The van der Waals surface area contributed by atoms with Crippen molar-refractivity contribution in [1.29, 1.82) is 0 Å². The van der Waals surface area contributed by atoms with Crippen molar-refractivity contribution in [3.8, 4) is 0 Å². The van der Waals surface area contributed by atoms with E-state index in [4.69, 9.17) is 0 Å². The normalized spacial score (nSPS) is 15.9. The van der Waals surface area contributed by atoms with E-state index in [2.05, 4.69) is 16.0 Å². The maximum Gasteiger partial charge on any atom is 0.170 e. The zero-order chi connectivity index (χ0) is 11.0. The molecule has 0 aromatic carbocycles. The molecule has 0 spiro atoms. The maximum absolute atomic E-state index is 10.8. The molecule has 0 bridgehead atoms. The van der Waals surface area contributed by atoms with Crippen molar-refractivity contribution in [3.05, 3.63) is 30.2 Å². The zero-order valence-corrected chi connectivity index (χ0v) is 8.97. The van der Waals surface area contributed by atoms with Gasteiger partial charge in [0.1, 0.15) is 17.8 Å². The van der Waals surface area contributed by atoms with Crippen LogP contribution in [0.4, 0.5) is 5.82 Å². The van der Waals surface area contributed by atoms with Crippen LogP contribution >= 0.6 is 0 Å². The van der Waals surface area contributed by atoms with Crippen LogP contribution in [-0.2, 0) is 0 Å². The molecule has 0 aliphatic carbocycles. The van der Waals surface area contributed by atoms with Crippen molar-refractivity contribution < 1.29 is 4.79 Å². The number of rotatable bonds is 2. The Morgan fingerprint density at radius 2 is 2.06 bits per heavy atom. The quantitative estimate of drug-likeness (QED) is 0.716. The third-order valence-corrected chi connectivity index (χ3v) is 3.12. The van der Waals surface area contributed by atoms with Gasteiger partial charge in [-0.25, -0.2) is 4.98 Å². The van der Waals surface area contributed by atoms with Gasteiger partial charge in [0.05, 0.1) is 5.52 Å². The third-order valence-electron chi connectivity index (χ3n) is 3.12. The Labute approximate surface area is 93.5 Å². The molecule has 3 heterocycles. The Hall–Kier alpha value is -1.84. The predicted octanol–water partition coefficient (Wildman–Crippen LogP) is 1.75. The highest BCUT2D eigenvalue weighted by Gasteiger charge is 2.15. The van der Waals surface area contributed by atoms with Gasteiger partial charge in [-0.05, 0) is 25.0 Å². The highest BCUT2D eigenvalue weighted by Crippen LogP contribution is 2.22. The fraction of sp³-hybridized carbons (Fsp3) is 0.333. The van der Waals surface area contributed by atoms with Gasteiger partial charge in [0.25, 0.3) is 0 Å². The smallest absolute Gasteiger partial charge is 0.170 e. The molecule has 2 aromatic rings. The van der Waals surface area contributed by atoms with Crippen molar-refractivity contribution in [2.24, 2.45) is 0 Å². The zero-order valence-electron chi connectivity index (χ0n) is 8.97. The van der Waals surface area contributed by atoms with E-state index in [0.717, 1.165) is 30.7 Å². The molecule has 1 saturated heterocycles. The monoisotopic (exact) mass is 215 g/mol. The van der Waals surface area contributed by atoms with Gasteiger partial charge < -0.3 is 4.90 Å². The van der Waals surface area contributed by atoms with E-state index in [1.165, 1.54) is 12.8 Å². The van der Waals surface area contributed by atoms with E-state index in [1.54, 1.807) is 6.33 Å². The summed E-state index contributed by atoms with van der Waals surface area (Å²) in [6.07, 6.45) is 5.02. The molecule has 1 fully saturated rings. The minimum Gasteiger partial charge on any atom is -0.358 e. The summed E-state index contributed by atoms with van der Waals surface area (Å²) >= 11 is 0. The number of pyridine rings is 1. The van der Waals surface area contributed by atoms with Gasteiger partial charge in [-0.2, -0.15) is 0 Å². The van der Waals surface area contributed by atoms with E-state index < -0.39 is 0 Å². The van der Waals surface area contributed by atoms with Gasteiger partial charge >= 0.3 is 0 Å². The third kappa shape index (κ3) is 1.30. The van der Waals surface area contributed by atoms with Gasteiger partial charge in [0, 0.05) is 13.1 Å². The first-order valence-electron chi connectivity index (χ1n) is 5.56. The molecule has 4 nitrogen and oxygen atoms in total. The van der Waals surface area contributed by atoms with Crippen LogP contribution in [0.25, 0.3) is 5.52 Å². The lowest BCUT2D eigenvalue weighted by Gasteiger charge is -2.18. The Morgan fingerprint density at radius 1 is 1.25 bits per heavy atom. The summed E-state index contributed by atoms with van der Waals surface area (Å²) in [5.41, 5.74) is 1.40. The highest BCUT2D eigenvalue weighted by molar-refractivity contribution is 5.84. The minimum atomic E-state index is 0.515. The Kier molecular flexibility index (Phi) is 2.13. The van der Waals surface area contributed by atoms with Crippen molar-refractivity contribution in [1.82, 2.24) is 9.38 Å². The summed E-state index contributed by atoms with van der Waals surface area (Å²) in [5, 5.41) is 0. The molecule has 2 aromatic heterocycles. The molecule has 1 aliphatic rings. The van der Waals surface area contributed by atoms with Crippen LogP contribution in [-0.4, -0.2) is 28.8 Å². The fourth-order valence-electron chi connectivity index (χ4n) is 2.32. The number of aldehydes is 1. The summed E-state index contributed by atoms with van der Waals surface area (Å²) in [4.78, 5) is 17.3. The molecule has 82 valence electrons. The standard InChI is InChI=1S/C12H13N3O/c16-8-10-11-4-3-5-12(15(11)9-13-10)14-6-1-2-7-14/h3-5,8-9H,1-2,6-7H2. The second kappa shape index (κ2) is 3.63. The van der Waals surface area contributed by atoms with E-state index in [1.807, 2.05) is 16.5 Å². The summed E-state index contributed by atoms with van der Waals surface area (Å²) in [6.45, 7) is 2.18. The molecule has 0 radical (unpaired) electrons. The van der Waals surface area contributed by atoms with Crippen LogP contribution in [0.5, 0.6) is 0 Å². The molecule has 0 N–H and O–H groups in total. The number of hydrogen-bond acceptors (Lipinski definition) is 3. The number of fused-ring (bicyclic) bond motifs is 1. The van der Waals surface area contributed by atoms with Gasteiger partial charge in [-0.3, -0.25) is 9.20 Å². The molecule has 4 heteroatoms. The van der Waals surface area contributed by atoms with E-state index in [0.29, 0.717) is 5.69 Å². The minimum absolute atomic E-state index is 0.515. The summed E-state index contributed by atoms with van der Waals surface area (Å²) in [6, 6.07) is 5.99. The van der Waals surface area contributed by atoms with Gasteiger partial charge in [-0.1, -0.05) is 6.07 Å². The molecule has 0 saturated carbocycles.